The fourth-order valence-corrected chi connectivity index (χ4v) is 1.26. The van der Waals surface area contributed by atoms with Crippen LogP contribution in [-0.2, 0) is 0 Å². The summed E-state index contributed by atoms with van der Waals surface area (Å²) < 4.78 is 0. The maximum atomic E-state index is 3.72. The number of hydrogen-bond acceptors (Lipinski definition) is 1. The lowest BCUT2D eigenvalue weighted by Gasteiger charge is -2.20. The minimum absolute atomic E-state index is 0.688. The molecule has 0 amide bonds. The summed E-state index contributed by atoms with van der Waals surface area (Å²) in [7, 11) is 2.20. The molecule has 0 aromatic carbocycles. The van der Waals surface area contributed by atoms with Crippen molar-refractivity contribution in [2.75, 3.05) is 13.6 Å². The molecule has 0 atom stereocenters. The number of unbranched alkanes of at least 4 members (excludes halogenated alkanes) is 4. The van der Waals surface area contributed by atoms with Crippen LogP contribution in [0.3, 0.4) is 0 Å². The van der Waals surface area contributed by atoms with Crippen molar-refractivity contribution in [1.29, 1.82) is 0 Å². The highest BCUT2D eigenvalue weighted by Crippen LogP contribution is 2.05. The molecule has 0 saturated carbocycles. The molecule has 0 N–H and O–H groups in total. The van der Waals surface area contributed by atoms with Gasteiger partial charge in [0.1, 0.15) is 0 Å². The summed E-state index contributed by atoms with van der Waals surface area (Å²) in [5, 5.41) is 0. The van der Waals surface area contributed by atoms with Gasteiger partial charge in [0, 0.05) is 6.04 Å². The number of hydrogen-bond donors (Lipinski definition) is 0. The van der Waals surface area contributed by atoms with Gasteiger partial charge in [0.15, 0.2) is 0 Å². The Kier molecular flexibility index (Phi) is 8.11. The Morgan fingerprint density at radius 2 is 1.77 bits per heavy atom. The van der Waals surface area contributed by atoms with E-state index in [9.17, 15) is 0 Å². The molecule has 0 bridgehead atoms. The zero-order valence-electron chi connectivity index (χ0n) is 9.55. The van der Waals surface area contributed by atoms with Gasteiger partial charge in [0.25, 0.3) is 0 Å². The van der Waals surface area contributed by atoms with Crippen LogP contribution in [0.1, 0.15) is 46.0 Å². The fraction of sp³-hybridized carbons (Fsp3) is 0.833. The smallest absolute Gasteiger partial charge is 0.00355 e. The van der Waals surface area contributed by atoms with Gasteiger partial charge in [0.2, 0.25) is 0 Å². The highest BCUT2D eigenvalue weighted by Gasteiger charge is 2.01. The third-order valence-electron chi connectivity index (χ3n) is 2.55. The van der Waals surface area contributed by atoms with Crippen LogP contribution in [-0.4, -0.2) is 24.5 Å². The van der Waals surface area contributed by atoms with Crippen LogP contribution < -0.4 is 0 Å². The van der Waals surface area contributed by atoms with E-state index in [0.717, 1.165) is 0 Å². The molecule has 0 aliphatic rings. The molecule has 0 heterocycles. The first-order chi connectivity index (χ1) is 6.18. The topological polar surface area (TPSA) is 3.24 Å². The van der Waals surface area contributed by atoms with E-state index in [1.165, 1.54) is 38.6 Å². The van der Waals surface area contributed by atoms with Gasteiger partial charge in [0.05, 0.1) is 0 Å². The van der Waals surface area contributed by atoms with E-state index < -0.39 is 0 Å². The van der Waals surface area contributed by atoms with E-state index in [4.69, 9.17) is 0 Å². The standard InChI is InChI=1S/C12H25N/c1-5-6-7-8-9-10-11-13(4)12(2)3/h5,12H,1,6-11H2,2-4H3. The molecule has 0 aromatic rings. The lowest BCUT2D eigenvalue weighted by molar-refractivity contribution is 0.267. The van der Waals surface area contributed by atoms with E-state index in [0.29, 0.717) is 6.04 Å². The fourth-order valence-electron chi connectivity index (χ4n) is 1.26. The van der Waals surface area contributed by atoms with Crippen LogP contribution >= 0.6 is 0 Å². The monoisotopic (exact) mass is 183 g/mol. The van der Waals surface area contributed by atoms with Gasteiger partial charge in [-0.15, -0.1) is 6.58 Å². The summed E-state index contributed by atoms with van der Waals surface area (Å²) in [6.07, 6.45) is 8.57. The molecular formula is C12H25N. The summed E-state index contributed by atoms with van der Waals surface area (Å²) in [6, 6.07) is 0.688. The van der Waals surface area contributed by atoms with E-state index in [2.05, 4.69) is 32.4 Å². The van der Waals surface area contributed by atoms with Crippen molar-refractivity contribution in [3.05, 3.63) is 12.7 Å². The molecule has 1 heteroatoms. The average molecular weight is 183 g/mol. The van der Waals surface area contributed by atoms with Crippen molar-refractivity contribution in [3.63, 3.8) is 0 Å². The molecule has 0 spiro atoms. The highest BCUT2D eigenvalue weighted by molar-refractivity contribution is 4.65. The quantitative estimate of drug-likeness (QED) is 0.411. The first-order valence-corrected chi connectivity index (χ1v) is 5.49. The van der Waals surface area contributed by atoms with Gasteiger partial charge in [-0.1, -0.05) is 18.9 Å². The Bertz CT molecular complexity index is 118. The molecule has 0 saturated heterocycles. The molecule has 1 nitrogen and oxygen atoms in total. The molecule has 0 rings (SSSR count). The van der Waals surface area contributed by atoms with E-state index in [1.54, 1.807) is 0 Å². The molecular weight excluding hydrogens is 158 g/mol. The van der Waals surface area contributed by atoms with E-state index in [1.807, 2.05) is 6.08 Å². The van der Waals surface area contributed by atoms with Gasteiger partial charge in [-0.3, -0.25) is 0 Å². The molecule has 0 unspecified atom stereocenters. The summed E-state index contributed by atoms with van der Waals surface area (Å²) in [6.45, 7) is 9.46. The van der Waals surface area contributed by atoms with Crippen LogP contribution in [0.5, 0.6) is 0 Å². The van der Waals surface area contributed by atoms with Gasteiger partial charge in [-0.25, -0.2) is 0 Å². The van der Waals surface area contributed by atoms with Crippen molar-refractivity contribution >= 4 is 0 Å². The van der Waals surface area contributed by atoms with Gasteiger partial charge in [-0.2, -0.15) is 0 Å². The second kappa shape index (κ2) is 8.31. The van der Waals surface area contributed by atoms with Crippen molar-refractivity contribution < 1.29 is 0 Å². The zero-order chi connectivity index (χ0) is 10.1. The van der Waals surface area contributed by atoms with Gasteiger partial charge < -0.3 is 4.90 Å². The molecule has 0 aromatic heterocycles. The Morgan fingerprint density at radius 3 is 2.31 bits per heavy atom. The van der Waals surface area contributed by atoms with Crippen molar-refractivity contribution in [1.82, 2.24) is 4.90 Å². The van der Waals surface area contributed by atoms with E-state index >= 15 is 0 Å². The first-order valence-electron chi connectivity index (χ1n) is 5.49. The molecule has 0 aliphatic carbocycles. The Hall–Kier alpha value is -0.300. The third-order valence-corrected chi connectivity index (χ3v) is 2.55. The maximum absolute atomic E-state index is 3.72. The maximum Gasteiger partial charge on any atom is 0.00355 e. The van der Waals surface area contributed by atoms with Crippen LogP contribution in [0.2, 0.25) is 0 Å². The molecule has 13 heavy (non-hydrogen) atoms. The first kappa shape index (κ1) is 12.7. The van der Waals surface area contributed by atoms with Crippen molar-refractivity contribution in [3.8, 4) is 0 Å². The van der Waals surface area contributed by atoms with Crippen LogP contribution in [0.4, 0.5) is 0 Å². The van der Waals surface area contributed by atoms with E-state index in [-0.39, 0.29) is 0 Å². The summed E-state index contributed by atoms with van der Waals surface area (Å²) in [4.78, 5) is 2.41. The highest BCUT2D eigenvalue weighted by atomic mass is 15.1. The van der Waals surface area contributed by atoms with Gasteiger partial charge >= 0.3 is 0 Å². The van der Waals surface area contributed by atoms with Crippen LogP contribution in [0, 0.1) is 0 Å². The SMILES string of the molecule is C=CCCCCCCN(C)C(C)C. The Labute approximate surface area is 83.8 Å². The zero-order valence-corrected chi connectivity index (χ0v) is 9.55. The Morgan fingerprint density at radius 1 is 1.15 bits per heavy atom. The van der Waals surface area contributed by atoms with Crippen LogP contribution in [0.25, 0.3) is 0 Å². The second-order valence-corrected chi connectivity index (χ2v) is 4.07. The molecule has 0 fully saturated rings. The lowest BCUT2D eigenvalue weighted by Crippen LogP contribution is -2.27. The minimum Gasteiger partial charge on any atom is -0.304 e. The summed E-state index contributed by atoms with van der Waals surface area (Å²) in [5.41, 5.74) is 0. The van der Waals surface area contributed by atoms with Crippen molar-refractivity contribution in [2.45, 2.75) is 52.0 Å². The minimum atomic E-state index is 0.688. The predicted molar refractivity (Wildman–Crippen MR) is 61.0 cm³/mol. The Balaban J connectivity index is 3.11. The number of allylic oxidation sites excluding steroid dienone is 1. The molecule has 78 valence electrons. The lowest BCUT2D eigenvalue weighted by atomic mass is 10.1. The predicted octanol–water partition coefficient (Wildman–Crippen LogP) is 3.46. The third kappa shape index (κ3) is 8.04. The summed E-state index contributed by atoms with van der Waals surface area (Å²) in [5.74, 6) is 0. The van der Waals surface area contributed by atoms with Gasteiger partial charge in [-0.05, 0) is 46.7 Å². The summed E-state index contributed by atoms with van der Waals surface area (Å²) >= 11 is 0. The average Bonchev–Trinajstić information content (AvgIpc) is 2.10. The van der Waals surface area contributed by atoms with Crippen LogP contribution in [0.15, 0.2) is 12.7 Å². The largest absolute Gasteiger partial charge is 0.304 e. The molecule has 0 radical (unpaired) electrons. The normalized spacial score (nSPS) is 11.2. The number of rotatable bonds is 8. The van der Waals surface area contributed by atoms with Crippen molar-refractivity contribution in [2.24, 2.45) is 0 Å². The molecule has 0 aliphatic heterocycles. The second-order valence-electron chi connectivity index (χ2n) is 4.07. The number of nitrogens with zero attached hydrogens (tertiary/aromatic N) is 1.